The molecule has 0 radical (unpaired) electrons. The van der Waals surface area contributed by atoms with Crippen LogP contribution in [0.2, 0.25) is 0 Å². The van der Waals surface area contributed by atoms with E-state index in [-0.39, 0.29) is 5.82 Å². The summed E-state index contributed by atoms with van der Waals surface area (Å²) in [5, 5.41) is 0. The third kappa shape index (κ3) is 2.99. The molecule has 0 spiro atoms. The van der Waals surface area contributed by atoms with E-state index in [1.54, 1.807) is 18.5 Å². The lowest BCUT2D eigenvalue weighted by atomic mass is 10.2. The molecule has 4 heteroatoms. The Bertz CT molecular complexity index is 516. The molecule has 0 saturated carbocycles. The van der Waals surface area contributed by atoms with E-state index in [9.17, 15) is 4.39 Å². The molecule has 0 aliphatic rings. The highest BCUT2D eigenvalue weighted by Gasteiger charge is 2.08. The Labute approximate surface area is 111 Å². The summed E-state index contributed by atoms with van der Waals surface area (Å²) in [6.07, 6.45) is 3.50. The van der Waals surface area contributed by atoms with Gasteiger partial charge in [0, 0.05) is 31.9 Å². The Hall–Kier alpha value is -1.61. The maximum Gasteiger partial charge on any atom is 0.146 e. The molecule has 2 aromatic rings. The number of alkyl halides is 1. The highest BCUT2D eigenvalue weighted by Crippen LogP contribution is 2.21. The molecule has 0 N–H and O–H groups in total. The summed E-state index contributed by atoms with van der Waals surface area (Å²) in [6.45, 7) is 0.616. The average Bonchev–Trinajstić information content (AvgIpc) is 2.39. The Morgan fingerprint density at radius 1 is 1.28 bits per heavy atom. The first-order valence-electron chi connectivity index (χ1n) is 5.65. The molecule has 0 bridgehead atoms. The largest absolute Gasteiger partial charge is 0.368 e. The van der Waals surface area contributed by atoms with Gasteiger partial charge in [0.15, 0.2) is 0 Å². The van der Waals surface area contributed by atoms with Gasteiger partial charge in [0.05, 0.1) is 5.69 Å². The fourth-order valence-electron chi connectivity index (χ4n) is 1.79. The molecular formula is C14H14ClFN2. The molecule has 1 aromatic carbocycles. The smallest absolute Gasteiger partial charge is 0.146 e. The first-order valence-corrected chi connectivity index (χ1v) is 6.18. The second-order valence-corrected chi connectivity index (χ2v) is 4.40. The first kappa shape index (κ1) is 12.8. The van der Waals surface area contributed by atoms with Crippen LogP contribution in [0.4, 0.5) is 10.1 Å². The average molecular weight is 265 g/mol. The molecule has 1 aromatic heterocycles. The number of rotatable bonds is 4. The van der Waals surface area contributed by atoms with Crippen molar-refractivity contribution < 1.29 is 4.39 Å². The van der Waals surface area contributed by atoms with Crippen LogP contribution in [0.5, 0.6) is 0 Å². The van der Waals surface area contributed by atoms with Crippen molar-refractivity contribution in [2.24, 2.45) is 0 Å². The summed E-state index contributed by atoms with van der Waals surface area (Å²) in [7, 11) is 1.85. The van der Waals surface area contributed by atoms with Gasteiger partial charge >= 0.3 is 0 Å². The summed E-state index contributed by atoms with van der Waals surface area (Å²) in [5.41, 5.74) is 2.39. The predicted octanol–water partition coefficient (Wildman–Crippen LogP) is 3.60. The molecule has 0 aliphatic heterocycles. The van der Waals surface area contributed by atoms with Crippen molar-refractivity contribution in [3.05, 3.63) is 59.7 Å². The van der Waals surface area contributed by atoms with Crippen LogP contribution >= 0.6 is 11.6 Å². The van der Waals surface area contributed by atoms with E-state index in [4.69, 9.17) is 11.6 Å². The second kappa shape index (κ2) is 5.83. The summed E-state index contributed by atoms with van der Waals surface area (Å²) in [4.78, 5) is 5.89. The van der Waals surface area contributed by atoms with Crippen molar-refractivity contribution in [1.29, 1.82) is 0 Å². The van der Waals surface area contributed by atoms with Gasteiger partial charge in [-0.05, 0) is 29.3 Å². The molecule has 0 fully saturated rings. The zero-order chi connectivity index (χ0) is 13.0. The van der Waals surface area contributed by atoms with Crippen LogP contribution in [0.15, 0.2) is 42.7 Å². The minimum absolute atomic E-state index is 0.250. The van der Waals surface area contributed by atoms with E-state index >= 15 is 0 Å². The van der Waals surface area contributed by atoms with E-state index in [1.165, 1.54) is 6.07 Å². The van der Waals surface area contributed by atoms with Crippen LogP contribution in [-0.4, -0.2) is 12.0 Å². The molecule has 0 unspecified atom stereocenters. The second-order valence-electron chi connectivity index (χ2n) is 4.14. The fraction of sp³-hybridized carbons (Fsp3) is 0.214. The number of hydrogen-bond donors (Lipinski definition) is 0. The minimum atomic E-state index is -0.250. The number of nitrogens with zero attached hydrogens (tertiary/aromatic N) is 2. The molecule has 0 aliphatic carbocycles. The number of benzene rings is 1. The lowest BCUT2D eigenvalue weighted by molar-refractivity contribution is 0.621. The summed E-state index contributed by atoms with van der Waals surface area (Å²) in [5.74, 6) is 0.0725. The standard InChI is InChI=1S/C14H14ClFN2/c1-18(10-12-3-2-6-17-9-12)14-5-4-11(8-15)7-13(14)16/h2-7,9H,8,10H2,1H3. The first-order chi connectivity index (χ1) is 8.70. The third-order valence-corrected chi connectivity index (χ3v) is 3.03. The predicted molar refractivity (Wildman–Crippen MR) is 72.3 cm³/mol. The van der Waals surface area contributed by atoms with Crippen LogP contribution in [0, 0.1) is 5.82 Å². The van der Waals surface area contributed by atoms with Gasteiger partial charge in [-0.25, -0.2) is 4.39 Å². The van der Waals surface area contributed by atoms with E-state index < -0.39 is 0 Å². The molecule has 94 valence electrons. The van der Waals surface area contributed by atoms with Crippen molar-refractivity contribution >= 4 is 17.3 Å². The maximum atomic E-state index is 13.9. The molecule has 0 saturated heterocycles. The Kier molecular flexibility index (Phi) is 4.15. The van der Waals surface area contributed by atoms with E-state index in [0.717, 1.165) is 11.1 Å². The Morgan fingerprint density at radius 3 is 2.72 bits per heavy atom. The quantitative estimate of drug-likeness (QED) is 0.785. The fourth-order valence-corrected chi connectivity index (χ4v) is 1.96. The topological polar surface area (TPSA) is 16.1 Å². The van der Waals surface area contributed by atoms with Crippen LogP contribution in [0.1, 0.15) is 11.1 Å². The van der Waals surface area contributed by atoms with E-state index in [1.807, 2.05) is 30.1 Å². The Morgan fingerprint density at radius 2 is 2.11 bits per heavy atom. The SMILES string of the molecule is CN(Cc1cccnc1)c1ccc(CCl)cc1F. The van der Waals surface area contributed by atoms with Gasteiger partial charge in [0.25, 0.3) is 0 Å². The number of anilines is 1. The maximum absolute atomic E-state index is 13.9. The van der Waals surface area contributed by atoms with Crippen molar-refractivity contribution in [1.82, 2.24) is 4.98 Å². The van der Waals surface area contributed by atoms with Crippen LogP contribution in [0.25, 0.3) is 0 Å². The van der Waals surface area contributed by atoms with Crippen molar-refractivity contribution in [2.45, 2.75) is 12.4 Å². The normalized spacial score (nSPS) is 10.4. The highest BCUT2D eigenvalue weighted by atomic mass is 35.5. The van der Waals surface area contributed by atoms with Gasteiger partial charge in [-0.3, -0.25) is 4.98 Å². The number of hydrogen-bond acceptors (Lipinski definition) is 2. The molecule has 2 rings (SSSR count). The summed E-state index contributed by atoms with van der Waals surface area (Å²) >= 11 is 5.67. The number of aromatic nitrogens is 1. The van der Waals surface area contributed by atoms with Crippen molar-refractivity contribution in [3.8, 4) is 0 Å². The molecule has 18 heavy (non-hydrogen) atoms. The number of halogens is 2. The van der Waals surface area contributed by atoms with Gasteiger partial charge in [0.2, 0.25) is 0 Å². The van der Waals surface area contributed by atoms with Gasteiger partial charge in [0.1, 0.15) is 5.82 Å². The van der Waals surface area contributed by atoms with Crippen LogP contribution in [-0.2, 0) is 12.4 Å². The Balaban J connectivity index is 2.16. The zero-order valence-electron chi connectivity index (χ0n) is 10.1. The van der Waals surface area contributed by atoms with Gasteiger partial charge in [-0.1, -0.05) is 12.1 Å². The minimum Gasteiger partial charge on any atom is -0.368 e. The third-order valence-electron chi connectivity index (χ3n) is 2.72. The van der Waals surface area contributed by atoms with Crippen LogP contribution in [0.3, 0.4) is 0 Å². The van der Waals surface area contributed by atoms with E-state index in [2.05, 4.69) is 4.98 Å². The monoisotopic (exact) mass is 264 g/mol. The zero-order valence-corrected chi connectivity index (χ0v) is 10.9. The molecule has 0 atom stereocenters. The summed E-state index contributed by atoms with van der Waals surface area (Å²) < 4.78 is 13.9. The molecular weight excluding hydrogens is 251 g/mol. The van der Waals surface area contributed by atoms with Crippen LogP contribution < -0.4 is 4.90 Å². The van der Waals surface area contributed by atoms with Gasteiger partial charge in [-0.15, -0.1) is 11.6 Å². The highest BCUT2D eigenvalue weighted by molar-refractivity contribution is 6.17. The lowest BCUT2D eigenvalue weighted by Crippen LogP contribution is -2.17. The lowest BCUT2D eigenvalue weighted by Gasteiger charge is -2.20. The molecule has 0 amide bonds. The van der Waals surface area contributed by atoms with Gasteiger partial charge < -0.3 is 4.90 Å². The summed E-state index contributed by atoms with van der Waals surface area (Å²) in [6, 6.07) is 8.90. The van der Waals surface area contributed by atoms with Gasteiger partial charge in [-0.2, -0.15) is 0 Å². The van der Waals surface area contributed by atoms with E-state index in [0.29, 0.717) is 18.1 Å². The van der Waals surface area contributed by atoms with Crippen molar-refractivity contribution in [2.75, 3.05) is 11.9 Å². The molecule has 1 heterocycles. The van der Waals surface area contributed by atoms with Crippen molar-refractivity contribution in [3.63, 3.8) is 0 Å². The number of pyridine rings is 1. The molecule has 2 nitrogen and oxygen atoms in total.